The van der Waals surface area contributed by atoms with Gasteiger partial charge in [-0.05, 0) is 57.6 Å². The lowest BCUT2D eigenvalue weighted by molar-refractivity contribution is 0.0526. The van der Waals surface area contributed by atoms with Gasteiger partial charge in [-0.15, -0.1) is 0 Å². The lowest BCUT2D eigenvalue weighted by Crippen LogP contribution is -2.07. The highest BCUT2D eigenvalue weighted by molar-refractivity contribution is 14.1. The van der Waals surface area contributed by atoms with E-state index in [0.717, 1.165) is 8.04 Å². The maximum Gasteiger partial charge on any atom is 0.339 e. The van der Waals surface area contributed by atoms with Crippen molar-refractivity contribution in [2.45, 2.75) is 6.92 Å². The molecule has 0 N–H and O–H groups in total. The summed E-state index contributed by atoms with van der Waals surface area (Å²) in [6.45, 7) is 2.03. The molecule has 0 saturated heterocycles. The summed E-state index contributed by atoms with van der Waals surface area (Å²) < 4.78 is 6.52. The Morgan fingerprint density at radius 1 is 1.67 bits per heavy atom. The first-order valence-corrected chi connectivity index (χ1v) is 6.03. The Hall–Kier alpha value is -0.610. The normalized spacial score (nSPS) is 9.47. The second-order valence-corrected chi connectivity index (χ2v) is 4.66. The molecule has 0 aromatic heterocycles. The topological polar surface area (TPSA) is 50.1 Å². The molecule has 0 aliphatic rings. The zero-order valence-corrected chi connectivity index (χ0v) is 11.6. The van der Waals surface area contributed by atoms with Gasteiger partial charge in [0.25, 0.3) is 0 Å². The number of carbonyl (C=O) groups excluding carboxylic acids is 1. The number of ether oxygens (including phenoxy) is 1. The number of nitrogens with zero attached hydrogens (tertiary/aromatic N) is 1. The fraction of sp³-hybridized carbons (Fsp3) is 0.200. The van der Waals surface area contributed by atoms with Gasteiger partial charge < -0.3 is 4.74 Å². The summed E-state index contributed by atoms with van der Waals surface area (Å²) in [5.41, 5.74) is 0.632. The van der Waals surface area contributed by atoms with Crippen molar-refractivity contribution in [3.05, 3.63) is 31.3 Å². The van der Waals surface area contributed by atoms with Crippen molar-refractivity contribution in [3.63, 3.8) is 0 Å². The number of hydrogen-bond acceptors (Lipinski definition) is 3. The predicted molar refractivity (Wildman–Crippen MR) is 67.5 cm³/mol. The van der Waals surface area contributed by atoms with Crippen LogP contribution in [0.15, 0.2) is 16.6 Å². The average Bonchev–Trinajstić information content (AvgIpc) is 2.21. The van der Waals surface area contributed by atoms with Gasteiger partial charge in [-0.25, -0.2) is 4.79 Å². The Balaban J connectivity index is 3.23. The van der Waals surface area contributed by atoms with Gasteiger partial charge in [-0.2, -0.15) is 5.26 Å². The van der Waals surface area contributed by atoms with Gasteiger partial charge in [-0.3, -0.25) is 0 Å². The molecular weight excluding hydrogens is 373 g/mol. The van der Waals surface area contributed by atoms with E-state index in [0.29, 0.717) is 17.7 Å². The lowest BCUT2D eigenvalue weighted by Gasteiger charge is -2.05. The molecule has 1 aromatic rings. The van der Waals surface area contributed by atoms with E-state index in [2.05, 4.69) is 38.5 Å². The minimum Gasteiger partial charge on any atom is -0.462 e. The lowest BCUT2D eigenvalue weighted by atomic mass is 10.1. The molecule has 78 valence electrons. The van der Waals surface area contributed by atoms with E-state index in [9.17, 15) is 4.79 Å². The molecule has 0 aliphatic carbocycles. The quantitative estimate of drug-likeness (QED) is 0.586. The van der Waals surface area contributed by atoms with Crippen molar-refractivity contribution in [2.75, 3.05) is 6.61 Å². The molecule has 1 aromatic carbocycles. The Labute approximate surface area is 110 Å². The third-order valence-corrected chi connectivity index (χ3v) is 3.97. The first-order chi connectivity index (χ1) is 7.10. The van der Waals surface area contributed by atoms with Crippen LogP contribution in [0.1, 0.15) is 22.8 Å². The highest BCUT2D eigenvalue weighted by Crippen LogP contribution is 2.23. The van der Waals surface area contributed by atoms with E-state index >= 15 is 0 Å². The van der Waals surface area contributed by atoms with Crippen molar-refractivity contribution in [3.8, 4) is 6.07 Å². The molecule has 0 bridgehead atoms. The van der Waals surface area contributed by atoms with E-state index in [4.69, 9.17) is 10.00 Å². The van der Waals surface area contributed by atoms with Gasteiger partial charge in [0.1, 0.15) is 6.07 Å². The molecule has 0 amide bonds. The Kier molecular flexibility index (Phi) is 4.54. The van der Waals surface area contributed by atoms with Gasteiger partial charge in [-0.1, -0.05) is 0 Å². The molecule has 15 heavy (non-hydrogen) atoms. The van der Waals surface area contributed by atoms with Crippen LogP contribution in [0, 0.1) is 14.9 Å². The highest BCUT2D eigenvalue weighted by Gasteiger charge is 2.14. The Morgan fingerprint density at radius 3 is 2.87 bits per heavy atom. The molecule has 3 nitrogen and oxygen atoms in total. The smallest absolute Gasteiger partial charge is 0.339 e. The van der Waals surface area contributed by atoms with Gasteiger partial charge in [0.15, 0.2) is 0 Å². The maximum absolute atomic E-state index is 11.5. The summed E-state index contributed by atoms with van der Waals surface area (Å²) in [5.74, 6) is -0.467. The number of halogens is 2. The molecule has 0 radical (unpaired) electrons. The first kappa shape index (κ1) is 12.5. The fourth-order valence-electron chi connectivity index (χ4n) is 1.02. The van der Waals surface area contributed by atoms with Crippen LogP contribution in [-0.2, 0) is 4.74 Å². The average molecular weight is 380 g/mol. The Morgan fingerprint density at radius 2 is 2.33 bits per heavy atom. The van der Waals surface area contributed by atoms with E-state index in [1.165, 1.54) is 0 Å². The zero-order chi connectivity index (χ0) is 11.4. The van der Waals surface area contributed by atoms with Gasteiger partial charge in [0.2, 0.25) is 0 Å². The minimum absolute atomic E-state index is 0.298. The molecular formula is C10H7BrINO2. The number of rotatable bonds is 2. The SMILES string of the molecule is CCOC(=O)c1cc(Br)c(I)cc1C#N. The van der Waals surface area contributed by atoms with Crippen LogP contribution in [0.5, 0.6) is 0 Å². The van der Waals surface area contributed by atoms with Gasteiger partial charge >= 0.3 is 5.97 Å². The first-order valence-electron chi connectivity index (χ1n) is 4.16. The Bertz CT molecular complexity index is 440. The zero-order valence-electron chi connectivity index (χ0n) is 7.88. The number of benzene rings is 1. The molecule has 0 heterocycles. The van der Waals surface area contributed by atoms with Crippen molar-refractivity contribution in [1.82, 2.24) is 0 Å². The monoisotopic (exact) mass is 379 g/mol. The third kappa shape index (κ3) is 2.92. The second-order valence-electron chi connectivity index (χ2n) is 2.64. The number of hydrogen-bond donors (Lipinski definition) is 0. The van der Waals surface area contributed by atoms with E-state index in [1.807, 2.05) is 6.07 Å². The van der Waals surface area contributed by atoms with E-state index < -0.39 is 5.97 Å². The second kappa shape index (κ2) is 5.47. The van der Waals surface area contributed by atoms with Crippen molar-refractivity contribution in [2.24, 2.45) is 0 Å². The highest BCUT2D eigenvalue weighted by atomic mass is 127. The third-order valence-electron chi connectivity index (χ3n) is 1.68. The van der Waals surface area contributed by atoms with Crippen LogP contribution in [-0.4, -0.2) is 12.6 Å². The van der Waals surface area contributed by atoms with Crippen LogP contribution < -0.4 is 0 Å². The van der Waals surface area contributed by atoms with Gasteiger partial charge in [0, 0.05) is 8.04 Å². The number of carbonyl (C=O) groups is 1. The van der Waals surface area contributed by atoms with E-state index in [1.54, 1.807) is 19.1 Å². The summed E-state index contributed by atoms with van der Waals surface area (Å²) in [6, 6.07) is 5.24. The molecule has 0 saturated carbocycles. The predicted octanol–water partition coefficient (Wildman–Crippen LogP) is 3.10. The van der Waals surface area contributed by atoms with Crippen molar-refractivity contribution >= 4 is 44.5 Å². The molecule has 0 unspecified atom stereocenters. The minimum atomic E-state index is -0.467. The summed E-state index contributed by atoms with van der Waals surface area (Å²) in [5, 5.41) is 8.87. The largest absolute Gasteiger partial charge is 0.462 e. The van der Waals surface area contributed by atoms with Crippen LogP contribution in [0.3, 0.4) is 0 Å². The summed E-state index contributed by atoms with van der Waals surface area (Å²) in [4.78, 5) is 11.5. The molecule has 0 fully saturated rings. The van der Waals surface area contributed by atoms with Crippen LogP contribution in [0.25, 0.3) is 0 Å². The molecule has 1 rings (SSSR count). The maximum atomic E-state index is 11.5. The fourth-order valence-corrected chi connectivity index (χ4v) is 1.83. The van der Waals surface area contributed by atoms with E-state index in [-0.39, 0.29) is 0 Å². The standard InChI is InChI=1S/C10H7BrINO2/c1-2-15-10(14)7-4-8(11)9(12)3-6(7)5-13/h3-4H,2H2,1H3. The summed E-state index contributed by atoms with van der Waals surface area (Å²) >= 11 is 5.39. The molecule has 0 spiro atoms. The van der Waals surface area contributed by atoms with Crippen LogP contribution >= 0.6 is 38.5 Å². The molecule has 0 atom stereocenters. The molecule has 5 heteroatoms. The number of esters is 1. The number of nitriles is 1. The van der Waals surface area contributed by atoms with Crippen LogP contribution in [0.4, 0.5) is 0 Å². The summed E-state index contributed by atoms with van der Waals surface area (Å²) in [6.07, 6.45) is 0. The van der Waals surface area contributed by atoms with Crippen molar-refractivity contribution < 1.29 is 9.53 Å². The summed E-state index contributed by atoms with van der Waals surface area (Å²) in [7, 11) is 0. The van der Waals surface area contributed by atoms with Gasteiger partial charge in [0.05, 0.1) is 17.7 Å². The van der Waals surface area contributed by atoms with Crippen LogP contribution in [0.2, 0.25) is 0 Å². The van der Waals surface area contributed by atoms with Crippen molar-refractivity contribution in [1.29, 1.82) is 5.26 Å². The molecule has 0 aliphatic heterocycles.